The van der Waals surface area contributed by atoms with Crippen LogP contribution in [0.15, 0.2) is 6.33 Å². The predicted octanol–water partition coefficient (Wildman–Crippen LogP) is 1.55. The van der Waals surface area contributed by atoms with E-state index in [0.29, 0.717) is 12.3 Å². The Morgan fingerprint density at radius 2 is 2.18 bits per heavy atom. The van der Waals surface area contributed by atoms with Crippen LogP contribution in [0, 0.1) is 5.92 Å². The summed E-state index contributed by atoms with van der Waals surface area (Å²) in [5.41, 5.74) is 1.90. The Morgan fingerprint density at radius 3 is 2.71 bits per heavy atom. The van der Waals surface area contributed by atoms with Crippen LogP contribution in [0.25, 0.3) is 0 Å². The van der Waals surface area contributed by atoms with Crippen LogP contribution in [0.4, 0.5) is 0 Å². The Hall–Kier alpha value is -0.780. The Morgan fingerprint density at radius 1 is 1.53 bits per heavy atom. The van der Waals surface area contributed by atoms with E-state index >= 15 is 0 Å². The minimum Gasteiger partial charge on any atom is -0.480 e. The van der Waals surface area contributed by atoms with Crippen LogP contribution in [-0.4, -0.2) is 27.1 Å². The number of carboxylic acid groups (broad SMARTS) is 1. The zero-order valence-corrected chi connectivity index (χ0v) is 11.3. The van der Waals surface area contributed by atoms with E-state index in [9.17, 15) is 4.79 Å². The fourth-order valence-electron chi connectivity index (χ4n) is 1.99. The van der Waals surface area contributed by atoms with Crippen molar-refractivity contribution in [1.82, 2.24) is 15.3 Å². The van der Waals surface area contributed by atoms with Crippen molar-refractivity contribution in [3.05, 3.63) is 17.7 Å². The standard InChI is InChI=1S/C10H15N3O2.2ClH/c1-5(2)8-9-6(11-4-12-9)3-7(13-8)10(14)15;;/h4-5,7-8,13H,3H2,1-2H3,(H,11,12)(H,14,15);2*1H/t7-,8?;;/m0../s1. The molecule has 0 bridgehead atoms. The molecule has 1 aliphatic heterocycles. The smallest absolute Gasteiger partial charge is 0.321 e. The van der Waals surface area contributed by atoms with Crippen molar-refractivity contribution in [3.63, 3.8) is 0 Å². The van der Waals surface area contributed by atoms with E-state index in [1.54, 1.807) is 6.33 Å². The van der Waals surface area contributed by atoms with E-state index in [2.05, 4.69) is 29.1 Å². The van der Waals surface area contributed by atoms with E-state index in [-0.39, 0.29) is 30.9 Å². The summed E-state index contributed by atoms with van der Waals surface area (Å²) < 4.78 is 0. The summed E-state index contributed by atoms with van der Waals surface area (Å²) in [7, 11) is 0. The van der Waals surface area contributed by atoms with Crippen molar-refractivity contribution in [2.45, 2.75) is 32.4 Å². The molecule has 0 spiro atoms. The van der Waals surface area contributed by atoms with Gasteiger partial charge in [-0.25, -0.2) is 4.98 Å². The van der Waals surface area contributed by atoms with Crippen molar-refractivity contribution >= 4 is 30.8 Å². The lowest BCUT2D eigenvalue weighted by Gasteiger charge is -2.30. The van der Waals surface area contributed by atoms with Gasteiger partial charge in [0.05, 0.1) is 18.1 Å². The molecule has 0 saturated carbocycles. The van der Waals surface area contributed by atoms with Gasteiger partial charge in [-0.05, 0) is 5.92 Å². The zero-order valence-electron chi connectivity index (χ0n) is 9.64. The summed E-state index contributed by atoms with van der Waals surface area (Å²) in [5, 5.41) is 12.1. The number of fused-ring (bicyclic) bond motifs is 1. The number of hydrogen-bond acceptors (Lipinski definition) is 3. The molecule has 1 aromatic rings. The molecule has 17 heavy (non-hydrogen) atoms. The molecular formula is C10H17Cl2N3O2. The Balaban J connectivity index is 0.00000128. The van der Waals surface area contributed by atoms with E-state index in [4.69, 9.17) is 5.11 Å². The number of aliphatic carboxylic acids is 1. The van der Waals surface area contributed by atoms with Crippen LogP contribution < -0.4 is 5.32 Å². The monoisotopic (exact) mass is 281 g/mol. The lowest BCUT2D eigenvalue weighted by atomic mass is 9.92. The highest BCUT2D eigenvalue weighted by Crippen LogP contribution is 2.27. The molecule has 1 aliphatic rings. The maximum absolute atomic E-state index is 11.0. The zero-order chi connectivity index (χ0) is 11.0. The van der Waals surface area contributed by atoms with E-state index in [1.807, 2.05) is 0 Å². The first kappa shape index (κ1) is 16.2. The van der Waals surface area contributed by atoms with Gasteiger partial charge in [0.25, 0.3) is 0 Å². The molecule has 0 radical (unpaired) electrons. The molecule has 0 aromatic carbocycles. The van der Waals surface area contributed by atoms with Crippen LogP contribution in [-0.2, 0) is 11.2 Å². The van der Waals surface area contributed by atoms with Crippen molar-refractivity contribution in [2.24, 2.45) is 5.92 Å². The van der Waals surface area contributed by atoms with Gasteiger partial charge >= 0.3 is 5.97 Å². The number of nitrogens with one attached hydrogen (secondary N) is 2. The highest BCUT2D eigenvalue weighted by Gasteiger charge is 2.33. The van der Waals surface area contributed by atoms with Crippen molar-refractivity contribution < 1.29 is 9.90 Å². The first-order chi connectivity index (χ1) is 7.09. The fourth-order valence-corrected chi connectivity index (χ4v) is 1.99. The van der Waals surface area contributed by atoms with Gasteiger partial charge in [0.15, 0.2) is 0 Å². The molecule has 3 N–H and O–H groups in total. The van der Waals surface area contributed by atoms with Gasteiger partial charge in [0.2, 0.25) is 0 Å². The van der Waals surface area contributed by atoms with E-state index < -0.39 is 12.0 Å². The largest absolute Gasteiger partial charge is 0.480 e. The number of aromatic amines is 1. The van der Waals surface area contributed by atoms with Gasteiger partial charge in [0, 0.05) is 12.1 Å². The summed E-state index contributed by atoms with van der Waals surface area (Å²) in [6.07, 6.45) is 2.11. The van der Waals surface area contributed by atoms with Gasteiger partial charge in [-0.15, -0.1) is 24.8 Å². The number of carbonyl (C=O) groups is 1. The summed E-state index contributed by atoms with van der Waals surface area (Å²) in [6.45, 7) is 4.11. The molecule has 1 unspecified atom stereocenters. The minimum atomic E-state index is -0.805. The number of carboxylic acids is 1. The lowest BCUT2D eigenvalue weighted by Crippen LogP contribution is -2.46. The quantitative estimate of drug-likeness (QED) is 0.769. The number of H-pyrrole nitrogens is 1. The average molecular weight is 282 g/mol. The molecular weight excluding hydrogens is 265 g/mol. The van der Waals surface area contributed by atoms with Crippen LogP contribution in [0.5, 0.6) is 0 Å². The second kappa shape index (κ2) is 6.23. The molecule has 0 fully saturated rings. The molecule has 1 aromatic heterocycles. The van der Waals surface area contributed by atoms with Crippen LogP contribution in [0.3, 0.4) is 0 Å². The Kier molecular flexibility index (Phi) is 5.95. The highest BCUT2D eigenvalue weighted by molar-refractivity contribution is 5.85. The number of hydrogen-bond donors (Lipinski definition) is 3. The molecule has 0 saturated heterocycles. The predicted molar refractivity (Wildman–Crippen MR) is 68.9 cm³/mol. The summed E-state index contributed by atoms with van der Waals surface area (Å²) in [6, 6.07) is -0.480. The third-order valence-electron chi connectivity index (χ3n) is 2.80. The van der Waals surface area contributed by atoms with Crippen molar-refractivity contribution in [2.75, 3.05) is 0 Å². The number of aromatic nitrogens is 2. The molecule has 2 heterocycles. The minimum absolute atomic E-state index is 0. The highest BCUT2D eigenvalue weighted by atomic mass is 35.5. The molecule has 2 atom stereocenters. The Labute approximate surface area is 112 Å². The van der Waals surface area contributed by atoms with Gasteiger partial charge < -0.3 is 10.1 Å². The lowest BCUT2D eigenvalue weighted by molar-refractivity contribution is -0.140. The van der Waals surface area contributed by atoms with E-state index in [0.717, 1.165) is 11.4 Å². The Bertz CT molecular complexity index is 381. The van der Waals surface area contributed by atoms with Crippen LogP contribution in [0.2, 0.25) is 0 Å². The molecule has 0 amide bonds. The molecule has 98 valence electrons. The maximum Gasteiger partial charge on any atom is 0.321 e. The van der Waals surface area contributed by atoms with Crippen molar-refractivity contribution in [1.29, 1.82) is 0 Å². The number of imidazole rings is 1. The average Bonchev–Trinajstić information content (AvgIpc) is 2.62. The third-order valence-corrected chi connectivity index (χ3v) is 2.80. The summed E-state index contributed by atoms with van der Waals surface area (Å²) in [4.78, 5) is 18.2. The molecule has 5 nitrogen and oxygen atoms in total. The van der Waals surface area contributed by atoms with Crippen molar-refractivity contribution in [3.8, 4) is 0 Å². The SMILES string of the molecule is CC(C)C1N[C@H](C(=O)O)Cc2[nH]cnc21.Cl.Cl. The van der Waals surface area contributed by atoms with Crippen LogP contribution in [0.1, 0.15) is 31.3 Å². The summed E-state index contributed by atoms with van der Waals surface area (Å²) >= 11 is 0. The van der Waals surface area contributed by atoms with Crippen LogP contribution >= 0.6 is 24.8 Å². The first-order valence-electron chi connectivity index (χ1n) is 5.10. The topological polar surface area (TPSA) is 78.0 Å². The van der Waals surface area contributed by atoms with E-state index in [1.165, 1.54) is 0 Å². The molecule has 2 rings (SSSR count). The maximum atomic E-state index is 11.0. The third kappa shape index (κ3) is 3.12. The van der Waals surface area contributed by atoms with Gasteiger partial charge in [-0.1, -0.05) is 13.8 Å². The van der Waals surface area contributed by atoms with Gasteiger partial charge in [0.1, 0.15) is 6.04 Å². The van der Waals surface area contributed by atoms with Gasteiger partial charge in [-0.2, -0.15) is 0 Å². The number of rotatable bonds is 2. The molecule has 7 heteroatoms. The number of halogens is 2. The second-order valence-electron chi connectivity index (χ2n) is 4.25. The summed E-state index contributed by atoms with van der Waals surface area (Å²) in [5.74, 6) is -0.477. The van der Waals surface area contributed by atoms with Gasteiger partial charge in [-0.3, -0.25) is 10.1 Å². The molecule has 0 aliphatic carbocycles. The normalized spacial score (nSPS) is 22.3. The second-order valence-corrected chi connectivity index (χ2v) is 4.25. The fraction of sp³-hybridized carbons (Fsp3) is 0.600. The first-order valence-corrected chi connectivity index (χ1v) is 5.10. The number of nitrogens with zero attached hydrogens (tertiary/aromatic N) is 1.